The van der Waals surface area contributed by atoms with Crippen LogP contribution in [0.4, 0.5) is 18.9 Å². The summed E-state index contributed by atoms with van der Waals surface area (Å²) < 4.78 is 40.8. The Labute approximate surface area is 151 Å². The molecule has 2 heterocycles. The number of alkyl halides is 3. The summed E-state index contributed by atoms with van der Waals surface area (Å²) in [5.74, 6) is -0.841. The van der Waals surface area contributed by atoms with Crippen LogP contribution in [0.15, 0.2) is 59.7 Å². The highest BCUT2D eigenvalue weighted by atomic mass is 19.4. The molecule has 0 atom stereocenters. The van der Waals surface area contributed by atoms with Crippen LogP contribution in [0.25, 0.3) is 5.69 Å². The highest BCUT2D eigenvalue weighted by Gasteiger charge is 2.34. The molecular weight excluding hydrogens is 361 g/mol. The molecule has 6 nitrogen and oxygen atoms in total. The summed E-state index contributed by atoms with van der Waals surface area (Å²) in [6.07, 6.45) is -1.75. The van der Waals surface area contributed by atoms with Gasteiger partial charge in [-0.3, -0.25) is 14.6 Å². The largest absolute Gasteiger partial charge is 0.418 e. The lowest BCUT2D eigenvalue weighted by molar-refractivity contribution is -0.137. The van der Waals surface area contributed by atoms with Gasteiger partial charge in [0.1, 0.15) is 0 Å². The third kappa shape index (κ3) is 3.86. The first-order chi connectivity index (χ1) is 12.8. The number of anilines is 1. The van der Waals surface area contributed by atoms with Gasteiger partial charge in [-0.05, 0) is 31.2 Å². The van der Waals surface area contributed by atoms with Crippen LogP contribution in [0.5, 0.6) is 0 Å². The van der Waals surface area contributed by atoms with Gasteiger partial charge in [-0.25, -0.2) is 4.68 Å². The van der Waals surface area contributed by atoms with E-state index in [-0.39, 0.29) is 11.4 Å². The highest BCUT2D eigenvalue weighted by molar-refractivity contribution is 6.02. The molecule has 1 amide bonds. The number of carbonyl (C=O) groups is 1. The number of benzene rings is 1. The molecule has 0 bridgehead atoms. The lowest BCUT2D eigenvalue weighted by Crippen LogP contribution is -2.27. The van der Waals surface area contributed by atoms with Crippen molar-refractivity contribution in [1.29, 1.82) is 0 Å². The van der Waals surface area contributed by atoms with E-state index < -0.39 is 28.8 Å². The van der Waals surface area contributed by atoms with Crippen LogP contribution in [0.2, 0.25) is 0 Å². The zero-order valence-electron chi connectivity index (χ0n) is 14.0. The van der Waals surface area contributed by atoms with Crippen molar-refractivity contribution in [2.45, 2.75) is 13.1 Å². The molecule has 0 aliphatic heterocycles. The zero-order valence-corrected chi connectivity index (χ0v) is 14.0. The third-order valence-corrected chi connectivity index (χ3v) is 3.68. The summed E-state index contributed by atoms with van der Waals surface area (Å²) in [7, 11) is 0. The lowest BCUT2D eigenvalue weighted by Gasteiger charge is -2.16. The molecule has 138 valence electrons. The fraction of sp³-hybridized carbons (Fsp3) is 0.111. The number of aryl methyl sites for hydroxylation is 1. The second-order valence-corrected chi connectivity index (χ2v) is 5.62. The van der Waals surface area contributed by atoms with E-state index in [0.717, 1.165) is 16.8 Å². The van der Waals surface area contributed by atoms with E-state index in [0.29, 0.717) is 5.69 Å². The Morgan fingerprint density at radius 1 is 1.15 bits per heavy atom. The predicted molar refractivity (Wildman–Crippen MR) is 91.8 cm³/mol. The van der Waals surface area contributed by atoms with E-state index in [9.17, 15) is 22.8 Å². The van der Waals surface area contributed by atoms with E-state index in [2.05, 4.69) is 15.4 Å². The number of pyridine rings is 1. The van der Waals surface area contributed by atoms with Crippen molar-refractivity contribution >= 4 is 11.6 Å². The lowest BCUT2D eigenvalue weighted by atomic mass is 10.1. The number of hydrogen-bond donors (Lipinski definition) is 1. The Morgan fingerprint density at radius 2 is 1.89 bits per heavy atom. The summed E-state index contributed by atoms with van der Waals surface area (Å²) in [4.78, 5) is 28.4. The topological polar surface area (TPSA) is 76.9 Å². The number of nitrogens with one attached hydrogen (secondary N) is 1. The zero-order chi connectivity index (χ0) is 19.6. The number of hydrogen-bond acceptors (Lipinski definition) is 4. The average Bonchev–Trinajstić information content (AvgIpc) is 2.62. The summed E-state index contributed by atoms with van der Waals surface area (Å²) >= 11 is 0. The van der Waals surface area contributed by atoms with Crippen LogP contribution < -0.4 is 10.7 Å². The Hall–Kier alpha value is -3.49. The fourth-order valence-corrected chi connectivity index (χ4v) is 2.47. The van der Waals surface area contributed by atoms with Crippen LogP contribution in [-0.2, 0) is 6.18 Å². The minimum absolute atomic E-state index is 0.162. The molecule has 0 fully saturated rings. The van der Waals surface area contributed by atoms with Crippen LogP contribution in [0.3, 0.4) is 0 Å². The van der Waals surface area contributed by atoms with Gasteiger partial charge in [0.15, 0.2) is 5.69 Å². The molecule has 3 aromatic rings. The molecule has 0 spiro atoms. The van der Waals surface area contributed by atoms with E-state index in [4.69, 9.17) is 0 Å². The quantitative estimate of drug-likeness (QED) is 0.764. The standard InChI is InChI=1S/C18H13F3N4O2/c1-11-9-15(26)16(17(27)23-12-5-4-8-22-10-12)24-25(11)14-7-3-2-6-13(14)18(19,20)21/h2-10H,1H3,(H,23,27). The molecule has 0 saturated carbocycles. The molecule has 2 aromatic heterocycles. The van der Waals surface area contributed by atoms with E-state index in [1.54, 1.807) is 12.1 Å². The number of aromatic nitrogens is 3. The van der Waals surface area contributed by atoms with Gasteiger partial charge in [0.05, 0.1) is 23.1 Å². The van der Waals surface area contributed by atoms with Crippen molar-refractivity contribution in [3.05, 3.63) is 82.0 Å². The average molecular weight is 374 g/mol. The number of nitrogens with zero attached hydrogens (tertiary/aromatic N) is 3. The SMILES string of the molecule is Cc1cc(=O)c(C(=O)Nc2cccnc2)nn1-c1ccccc1C(F)(F)F. The van der Waals surface area contributed by atoms with Crippen LogP contribution in [0.1, 0.15) is 21.7 Å². The van der Waals surface area contributed by atoms with Gasteiger partial charge >= 0.3 is 6.18 Å². The van der Waals surface area contributed by atoms with Crippen LogP contribution in [-0.4, -0.2) is 20.7 Å². The van der Waals surface area contributed by atoms with E-state index in [1.165, 1.54) is 37.5 Å². The monoisotopic (exact) mass is 374 g/mol. The van der Waals surface area contributed by atoms with Gasteiger partial charge in [0, 0.05) is 18.0 Å². The predicted octanol–water partition coefficient (Wildman–Crippen LogP) is 3.21. The number of rotatable bonds is 3. The Kier molecular flexibility index (Phi) is 4.76. The number of para-hydroxylation sites is 1. The minimum Gasteiger partial charge on any atom is -0.319 e. The van der Waals surface area contributed by atoms with Crippen molar-refractivity contribution in [2.24, 2.45) is 0 Å². The molecule has 0 aliphatic rings. The molecule has 0 saturated heterocycles. The molecule has 1 N–H and O–H groups in total. The van der Waals surface area contributed by atoms with Gasteiger partial charge in [0.2, 0.25) is 5.43 Å². The van der Waals surface area contributed by atoms with Crippen molar-refractivity contribution < 1.29 is 18.0 Å². The maximum Gasteiger partial charge on any atom is 0.418 e. The third-order valence-electron chi connectivity index (χ3n) is 3.68. The van der Waals surface area contributed by atoms with Crippen LogP contribution in [0, 0.1) is 6.92 Å². The summed E-state index contributed by atoms with van der Waals surface area (Å²) in [5, 5.41) is 6.33. The van der Waals surface area contributed by atoms with E-state index >= 15 is 0 Å². The summed E-state index contributed by atoms with van der Waals surface area (Å²) in [6, 6.07) is 8.99. The molecule has 3 rings (SSSR count). The van der Waals surface area contributed by atoms with E-state index in [1.807, 2.05) is 0 Å². The van der Waals surface area contributed by atoms with Crippen LogP contribution >= 0.6 is 0 Å². The van der Waals surface area contributed by atoms with Crippen molar-refractivity contribution in [2.75, 3.05) is 5.32 Å². The Balaban J connectivity index is 2.09. The maximum absolute atomic E-state index is 13.3. The fourth-order valence-electron chi connectivity index (χ4n) is 2.47. The number of amides is 1. The second-order valence-electron chi connectivity index (χ2n) is 5.62. The molecular formula is C18H13F3N4O2. The first kappa shape index (κ1) is 18.3. The van der Waals surface area contributed by atoms with Gasteiger partial charge in [0.25, 0.3) is 5.91 Å². The second kappa shape index (κ2) is 7.02. The number of carbonyl (C=O) groups excluding carboxylic acids is 1. The molecule has 0 aliphatic carbocycles. The summed E-state index contributed by atoms with van der Waals surface area (Å²) in [5.41, 5.74) is -1.95. The smallest absolute Gasteiger partial charge is 0.319 e. The van der Waals surface area contributed by atoms with Gasteiger partial charge < -0.3 is 5.32 Å². The normalized spacial score (nSPS) is 11.3. The number of halogens is 3. The molecule has 27 heavy (non-hydrogen) atoms. The Bertz CT molecular complexity index is 1050. The van der Waals surface area contributed by atoms with Gasteiger partial charge in [-0.15, -0.1) is 0 Å². The first-order valence-corrected chi connectivity index (χ1v) is 7.76. The first-order valence-electron chi connectivity index (χ1n) is 7.76. The molecule has 9 heteroatoms. The summed E-state index contributed by atoms with van der Waals surface area (Å²) in [6.45, 7) is 1.43. The van der Waals surface area contributed by atoms with Gasteiger partial charge in [-0.1, -0.05) is 12.1 Å². The molecule has 0 radical (unpaired) electrons. The maximum atomic E-state index is 13.3. The minimum atomic E-state index is -4.62. The van der Waals surface area contributed by atoms with Gasteiger partial charge in [-0.2, -0.15) is 18.3 Å². The van der Waals surface area contributed by atoms with Crippen molar-refractivity contribution in [3.8, 4) is 5.69 Å². The van der Waals surface area contributed by atoms with Crippen molar-refractivity contribution in [1.82, 2.24) is 14.8 Å². The Morgan fingerprint density at radius 3 is 2.56 bits per heavy atom. The molecule has 1 aromatic carbocycles. The van der Waals surface area contributed by atoms with Crippen molar-refractivity contribution in [3.63, 3.8) is 0 Å². The highest BCUT2D eigenvalue weighted by Crippen LogP contribution is 2.33. The molecule has 0 unspecified atom stereocenters.